The predicted molar refractivity (Wildman–Crippen MR) is 71.3 cm³/mol. The Morgan fingerprint density at radius 1 is 1.29 bits per heavy atom. The minimum absolute atomic E-state index is 0.562. The largest absolute Gasteiger partial charge is 0.378 e. The Hall–Kier alpha value is -0.120. The van der Waals surface area contributed by atoms with Gasteiger partial charge in [0.1, 0.15) is 0 Å². The van der Waals surface area contributed by atoms with E-state index in [2.05, 4.69) is 17.1 Å². The second kappa shape index (κ2) is 7.34. The van der Waals surface area contributed by atoms with Gasteiger partial charge in [-0.15, -0.1) is 0 Å². The van der Waals surface area contributed by atoms with E-state index in [1.807, 2.05) is 0 Å². The van der Waals surface area contributed by atoms with Crippen molar-refractivity contribution in [3.8, 4) is 0 Å². The number of likely N-dealkylation sites (tertiary alicyclic amines) is 1. The van der Waals surface area contributed by atoms with E-state index in [0.29, 0.717) is 6.04 Å². The van der Waals surface area contributed by atoms with Crippen LogP contribution >= 0.6 is 0 Å². The standard InChI is InChI=1S/C14H28N2O/c1-2-4-13-5-3-8-16(9-6-13)11-14-12-17-10-7-15-14/h13-15H,2-12H2,1H3. The number of nitrogens with one attached hydrogen (secondary N) is 1. The third-order valence-corrected chi connectivity index (χ3v) is 4.11. The summed E-state index contributed by atoms with van der Waals surface area (Å²) in [6.07, 6.45) is 7.01. The summed E-state index contributed by atoms with van der Waals surface area (Å²) < 4.78 is 5.53. The molecule has 100 valence electrons. The van der Waals surface area contributed by atoms with Crippen LogP contribution in [0, 0.1) is 5.92 Å². The number of morpholine rings is 1. The molecule has 17 heavy (non-hydrogen) atoms. The van der Waals surface area contributed by atoms with Crippen molar-refractivity contribution in [2.24, 2.45) is 5.92 Å². The first-order valence-electron chi connectivity index (χ1n) is 7.42. The van der Waals surface area contributed by atoms with Gasteiger partial charge in [-0.05, 0) is 38.3 Å². The SMILES string of the molecule is CCCC1CCCN(CC2COCCN2)CC1. The van der Waals surface area contributed by atoms with Crippen molar-refractivity contribution < 1.29 is 4.74 Å². The van der Waals surface area contributed by atoms with Crippen LogP contribution in [-0.2, 0) is 4.74 Å². The number of ether oxygens (including phenoxy) is 1. The van der Waals surface area contributed by atoms with Gasteiger partial charge in [0.2, 0.25) is 0 Å². The molecule has 0 aliphatic carbocycles. The number of hydrogen-bond acceptors (Lipinski definition) is 3. The summed E-state index contributed by atoms with van der Waals surface area (Å²) in [6, 6.07) is 0.562. The quantitative estimate of drug-likeness (QED) is 0.812. The molecule has 0 aromatic rings. The molecule has 0 radical (unpaired) electrons. The van der Waals surface area contributed by atoms with Gasteiger partial charge in [0, 0.05) is 19.1 Å². The molecule has 2 atom stereocenters. The van der Waals surface area contributed by atoms with E-state index >= 15 is 0 Å². The fourth-order valence-electron chi connectivity index (χ4n) is 3.15. The topological polar surface area (TPSA) is 24.5 Å². The zero-order chi connectivity index (χ0) is 11.9. The highest BCUT2D eigenvalue weighted by atomic mass is 16.5. The van der Waals surface area contributed by atoms with Gasteiger partial charge in [0.15, 0.2) is 0 Å². The highest BCUT2D eigenvalue weighted by Gasteiger charge is 2.20. The Kier molecular flexibility index (Phi) is 5.75. The van der Waals surface area contributed by atoms with Crippen molar-refractivity contribution >= 4 is 0 Å². The zero-order valence-corrected chi connectivity index (χ0v) is 11.3. The van der Waals surface area contributed by atoms with Gasteiger partial charge in [-0.1, -0.05) is 19.8 Å². The molecule has 2 rings (SSSR count). The van der Waals surface area contributed by atoms with Crippen molar-refractivity contribution in [3.05, 3.63) is 0 Å². The molecule has 2 heterocycles. The van der Waals surface area contributed by atoms with Crippen LogP contribution in [0.3, 0.4) is 0 Å². The monoisotopic (exact) mass is 240 g/mol. The normalized spacial score (nSPS) is 32.3. The molecular formula is C14H28N2O. The lowest BCUT2D eigenvalue weighted by molar-refractivity contribution is 0.0622. The molecule has 0 aromatic carbocycles. The van der Waals surface area contributed by atoms with Crippen molar-refractivity contribution in [3.63, 3.8) is 0 Å². The number of hydrogen-bond donors (Lipinski definition) is 1. The van der Waals surface area contributed by atoms with Crippen LogP contribution < -0.4 is 5.32 Å². The van der Waals surface area contributed by atoms with Crippen LogP contribution in [-0.4, -0.2) is 50.3 Å². The summed E-state index contributed by atoms with van der Waals surface area (Å²) in [5.41, 5.74) is 0. The van der Waals surface area contributed by atoms with Gasteiger partial charge >= 0.3 is 0 Å². The maximum atomic E-state index is 5.53. The summed E-state index contributed by atoms with van der Waals surface area (Å²) >= 11 is 0. The lowest BCUT2D eigenvalue weighted by Gasteiger charge is -2.29. The Morgan fingerprint density at radius 3 is 3.00 bits per heavy atom. The molecular weight excluding hydrogens is 212 g/mol. The van der Waals surface area contributed by atoms with E-state index in [-0.39, 0.29) is 0 Å². The molecule has 0 amide bonds. The summed E-state index contributed by atoms with van der Waals surface area (Å²) in [5.74, 6) is 0.987. The van der Waals surface area contributed by atoms with Crippen molar-refractivity contribution in [1.29, 1.82) is 0 Å². The predicted octanol–water partition coefficient (Wildman–Crippen LogP) is 1.88. The summed E-state index contributed by atoms with van der Waals surface area (Å²) in [4.78, 5) is 2.64. The molecule has 2 saturated heterocycles. The minimum atomic E-state index is 0.562. The Balaban J connectivity index is 1.70. The summed E-state index contributed by atoms with van der Waals surface area (Å²) in [6.45, 7) is 8.88. The average Bonchev–Trinajstić information content (AvgIpc) is 2.57. The van der Waals surface area contributed by atoms with Crippen LogP contribution in [0.1, 0.15) is 39.0 Å². The average molecular weight is 240 g/mol. The number of nitrogens with zero attached hydrogens (tertiary/aromatic N) is 1. The van der Waals surface area contributed by atoms with Crippen LogP contribution in [0.5, 0.6) is 0 Å². The lowest BCUT2D eigenvalue weighted by Crippen LogP contribution is -2.48. The first-order chi connectivity index (χ1) is 8.38. The molecule has 0 saturated carbocycles. The van der Waals surface area contributed by atoms with Crippen LogP contribution in [0.25, 0.3) is 0 Å². The highest BCUT2D eigenvalue weighted by molar-refractivity contribution is 4.77. The van der Waals surface area contributed by atoms with Crippen LogP contribution in [0.2, 0.25) is 0 Å². The van der Waals surface area contributed by atoms with Crippen LogP contribution in [0.4, 0.5) is 0 Å². The highest BCUT2D eigenvalue weighted by Crippen LogP contribution is 2.21. The minimum Gasteiger partial charge on any atom is -0.378 e. The molecule has 2 aliphatic heterocycles. The second-order valence-corrected chi connectivity index (χ2v) is 5.61. The smallest absolute Gasteiger partial charge is 0.0632 e. The summed E-state index contributed by atoms with van der Waals surface area (Å²) in [5, 5.41) is 3.56. The molecule has 2 fully saturated rings. The molecule has 3 heteroatoms. The molecule has 0 aromatic heterocycles. The van der Waals surface area contributed by atoms with Crippen molar-refractivity contribution in [2.75, 3.05) is 39.4 Å². The van der Waals surface area contributed by atoms with E-state index in [0.717, 1.165) is 25.7 Å². The molecule has 2 aliphatic rings. The maximum Gasteiger partial charge on any atom is 0.0632 e. The van der Waals surface area contributed by atoms with Crippen molar-refractivity contribution in [2.45, 2.75) is 45.1 Å². The lowest BCUT2D eigenvalue weighted by atomic mass is 9.96. The fourth-order valence-corrected chi connectivity index (χ4v) is 3.15. The van der Waals surface area contributed by atoms with Gasteiger partial charge < -0.3 is 15.0 Å². The second-order valence-electron chi connectivity index (χ2n) is 5.61. The third kappa shape index (κ3) is 4.57. The Labute approximate surface area is 106 Å². The molecule has 2 unspecified atom stereocenters. The number of rotatable bonds is 4. The maximum absolute atomic E-state index is 5.53. The van der Waals surface area contributed by atoms with Gasteiger partial charge in [-0.3, -0.25) is 0 Å². The summed E-state index contributed by atoms with van der Waals surface area (Å²) in [7, 11) is 0. The third-order valence-electron chi connectivity index (χ3n) is 4.11. The van der Waals surface area contributed by atoms with Gasteiger partial charge in [0.25, 0.3) is 0 Å². The zero-order valence-electron chi connectivity index (χ0n) is 11.3. The van der Waals surface area contributed by atoms with Crippen molar-refractivity contribution in [1.82, 2.24) is 10.2 Å². The Morgan fingerprint density at radius 2 is 2.24 bits per heavy atom. The van der Waals surface area contributed by atoms with E-state index in [1.165, 1.54) is 51.7 Å². The first-order valence-corrected chi connectivity index (χ1v) is 7.42. The van der Waals surface area contributed by atoms with E-state index in [4.69, 9.17) is 4.74 Å². The fraction of sp³-hybridized carbons (Fsp3) is 1.00. The molecule has 0 bridgehead atoms. The van der Waals surface area contributed by atoms with Gasteiger partial charge in [-0.2, -0.15) is 0 Å². The first kappa shape index (κ1) is 13.3. The van der Waals surface area contributed by atoms with E-state index in [1.54, 1.807) is 0 Å². The Bertz CT molecular complexity index is 204. The van der Waals surface area contributed by atoms with Gasteiger partial charge in [-0.25, -0.2) is 0 Å². The van der Waals surface area contributed by atoms with E-state index < -0.39 is 0 Å². The molecule has 1 N–H and O–H groups in total. The molecule has 3 nitrogen and oxygen atoms in total. The van der Waals surface area contributed by atoms with Gasteiger partial charge in [0.05, 0.1) is 13.2 Å². The van der Waals surface area contributed by atoms with E-state index in [9.17, 15) is 0 Å². The molecule has 0 spiro atoms. The van der Waals surface area contributed by atoms with Crippen LogP contribution in [0.15, 0.2) is 0 Å².